The van der Waals surface area contributed by atoms with E-state index >= 15 is 0 Å². The van der Waals surface area contributed by atoms with Gasteiger partial charge in [0.2, 0.25) is 11.0 Å². The van der Waals surface area contributed by atoms with E-state index < -0.39 is 0 Å². The summed E-state index contributed by atoms with van der Waals surface area (Å²) < 4.78 is 15.1. The van der Waals surface area contributed by atoms with Gasteiger partial charge in [-0.25, -0.2) is 4.98 Å². The molecule has 164 valence electrons. The molecule has 0 saturated heterocycles. The summed E-state index contributed by atoms with van der Waals surface area (Å²) in [5, 5.41) is 3.61. The van der Waals surface area contributed by atoms with E-state index in [2.05, 4.69) is 9.69 Å². The lowest BCUT2D eigenvalue weighted by atomic mass is 10.1. The number of hydrogen-bond acceptors (Lipinski definition) is 7. The predicted octanol–water partition coefficient (Wildman–Crippen LogP) is 4.05. The second-order valence-corrected chi connectivity index (χ2v) is 7.95. The van der Waals surface area contributed by atoms with Gasteiger partial charge in [-0.3, -0.25) is 4.79 Å². The second kappa shape index (κ2) is 10.6. The van der Waals surface area contributed by atoms with Crippen molar-refractivity contribution in [2.24, 2.45) is 0 Å². The summed E-state index contributed by atoms with van der Waals surface area (Å²) in [6, 6.07) is 21.5. The first kappa shape index (κ1) is 21.6. The third-order valence-electron chi connectivity index (χ3n) is 4.81. The smallest absolute Gasteiger partial charge is 0.239 e. The normalized spacial score (nSPS) is 10.7. The molecule has 1 amide bonds. The molecule has 4 aromatic rings. The van der Waals surface area contributed by atoms with Gasteiger partial charge in [0, 0.05) is 24.5 Å². The fourth-order valence-electron chi connectivity index (χ4n) is 3.23. The molecule has 0 unspecified atom stereocenters. The number of aromatic nitrogens is 2. The Morgan fingerprint density at radius 3 is 2.72 bits per heavy atom. The lowest BCUT2D eigenvalue weighted by Crippen LogP contribution is -2.36. The number of amides is 1. The number of nitrogens with one attached hydrogen (secondary N) is 1. The molecule has 2 heterocycles. The van der Waals surface area contributed by atoms with Gasteiger partial charge < -0.3 is 19.4 Å². The van der Waals surface area contributed by atoms with Gasteiger partial charge >= 0.3 is 0 Å². The zero-order chi connectivity index (χ0) is 22.2. The van der Waals surface area contributed by atoms with Crippen molar-refractivity contribution in [3.63, 3.8) is 0 Å². The monoisotopic (exact) mass is 448 g/mol. The number of anilines is 1. The van der Waals surface area contributed by atoms with Crippen LogP contribution in [0.2, 0.25) is 0 Å². The minimum Gasteiger partial charge on any atom is -0.497 e. The van der Waals surface area contributed by atoms with Gasteiger partial charge in [-0.1, -0.05) is 42.5 Å². The fourth-order valence-corrected chi connectivity index (χ4v) is 3.92. The van der Waals surface area contributed by atoms with Crippen molar-refractivity contribution in [3.05, 3.63) is 95.7 Å². The molecule has 32 heavy (non-hydrogen) atoms. The van der Waals surface area contributed by atoms with Gasteiger partial charge in [-0.05, 0) is 35.4 Å². The number of rotatable bonds is 10. The molecule has 0 saturated carbocycles. The summed E-state index contributed by atoms with van der Waals surface area (Å²) in [6.45, 7) is 1.08. The molecule has 0 aliphatic heterocycles. The molecule has 2 aromatic heterocycles. The number of carbonyl (C=O) groups is 1. The Kier molecular flexibility index (Phi) is 7.14. The van der Waals surface area contributed by atoms with Crippen molar-refractivity contribution >= 4 is 22.6 Å². The van der Waals surface area contributed by atoms with Gasteiger partial charge in [0.25, 0.3) is 0 Å². The average molecular weight is 449 g/mol. The van der Waals surface area contributed by atoms with Gasteiger partial charge in [0.05, 0.1) is 26.5 Å². The van der Waals surface area contributed by atoms with Crippen LogP contribution in [-0.4, -0.2) is 28.9 Å². The molecular formula is C24H24N4O3S. The average Bonchev–Trinajstić information content (AvgIpc) is 3.50. The summed E-state index contributed by atoms with van der Waals surface area (Å²) >= 11 is 1.30. The van der Waals surface area contributed by atoms with Crippen LogP contribution in [0, 0.1) is 0 Å². The first-order chi connectivity index (χ1) is 15.7. The molecule has 7 nitrogen and oxygen atoms in total. The fraction of sp³-hybridized carbons (Fsp3) is 0.208. The predicted molar refractivity (Wildman–Crippen MR) is 124 cm³/mol. The van der Waals surface area contributed by atoms with Crippen LogP contribution in [-0.2, 0) is 24.3 Å². The lowest BCUT2D eigenvalue weighted by Gasteiger charge is -2.21. The number of ether oxygens (including phenoxy) is 1. The Labute approximate surface area is 190 Å². The van der Waals surface area contributed by atoms with E-state index in [1.54, 1.807) is 19.4 Å². The Morgan fingerprint density at radius 2 is 1.94 bits per heavy atom. The van der Waals surface area contributed by atoms with E-state index in [0.717, 1.165) is 16.9 Å². The van der Waals surface area contributed by atoms with Gasteiger partial charge in [-0.2, -0.15) is 4.37 Å². The topological polar surface area (TPSA) is 80.5 Å². The summed E-state index contributed by atoms with van der Waals surface area (Å²) in [5.74, 6) is 2.12. The molecule has 0 bridgehead atoms. The van der Waals surface area contributed by atoms with Crippen LogP contribution >= 0.6 is 11.5 Å². The SMILES string of the molecule is COc1cccc(Cc2nsc(N(CC(=O)NCc3ccco3)Cc3ccccc3)n2)c1. The van der Waals surface area contributed by atoms with Crippen LogP contribution in [0.15, 0.2) is 77.4 Å². The molecule has 1 N–H and O–H groups in total. The third-order valence-corrected chi connectivity index (χ3v) is 5.63. The van der Waals surface area contributed by atoms with Crippen molar-refractivity contribution in [2.45, 2.75) is 19.5 Å². The lowest BCUT2D eigenvalue weighted by molar-refractivity contribution is -0.120. The van der Waals surface area contributed by atoms with E-state index in [1.165, 1.54) is 11.5 Å². The first-order valence-corrected chi connectivity index (χ1v) is 11.0. The standard InChI is InChI=1S/C24H24N4O3S/c1-30-20-10-5-9-19(13-20)14-22-26-24(32-27-22)28(16-18-7-3-2-4-8-18)17-23(29)25-15-21-11-6-12-31-21/h2-13H,14-17H2,1H3,(H,25,29). The second-order valence-electron chi connectivity index (χ2n) is 7.22. The van der Waals surface area contributed by atoms with Crippen LogP contribution in [0.4, 0.5) is 5.13 Å². The molecule has 4 rings (SSSR count). The van der Waals surface area contributed by atoms with Crippen molar-refractivity contribution in [1.82, 2.24) is 14.7 Å². The highest BCUT2D eigenvalue weighted by atomic mass is 32.1. The number of furan rings is 1. The van der Waals surface area contributed by atoms with Crippen molar-refractivity contribution < 1.29 is 13.9 Å². The highest BCUT2D eigenvalue weighted by molar-refractivity contribution is 7.09. The summed E-state index contributed by atoms with van der Waals surface area (Å²) in [6.07, 6.45) is 2.19. The first-order valence-electron chi connectivity index (χ1n) is 10.2. The molecule has 0 fully saturated rings. The van der Waals surface area contributed by atoms with E-state index in [9.17, 15) is 4.79 Å². The van der Waals surface area contributed by atoms with Gasteiger partial charge in [0.1, 0.15) is 17.3 Å². The molecule has 2 aromatic carbocycles. The summed E-state index contributed by atoms with van der Waals surface area (Å²) in [5.41, 5.74) is 2.16. The Hall–Kier alpha value is -3.65. The molecule has 0 spiro atoms. The Balaban J connectivity index is 1.47. The molecule has 8 heteroatoms. The number of nitrogens with zero attached hydrogens (tertiary/aromatic N) is 3. The Bertz CT molecular complexity index is 1130. The number of carbonyl (C=O) groups excluding carboxylic acids is 1. The zero-order valence-electron chi connectivity index (χ0n) is 17.7. The zero-order valence-corrected chi connectivity index (χ0v) is 18.5. The van der Waals surface area contributed by atoms with Crippen LogP contribution < -0.4 is 15.0 Å². The van der Waals surface area contributed by atoms with Crippen molar-refractivity contribution in [1.29, 1.82) is 0 Å². The van der Waals surface area contributed by atoms with E-state index in [4.69, 9.17) is 14.1 Å². The quantitative estimate of drug-likeness (QED) is 0.394. The van der Waals surface area contributed by atoms with E-state index in [1.807, 2.05) is 65.6 Å². The molecule has 0 aliphatic carbocycles. The molecule has 0 atom stereocenters. The third kappa shape index (κ3) is 5.95. The molecule has 0 radical (unpaired) electrons. The van der Waals surface area contributed by atoms with Crippen molar-refractivity contribution in [2.75, 3.05) is 18.6 Å². The van der Waals surface area contributed by atoms with E-state index in [0.29, 0.717) is 36.2 Å². The van der Waals surface area contributed by atoms with Crippen LogP contribution in [0.3, 0.4) is 0 Å². The maximum absolute atomic E-state index is 12.6. The van der Waals surface area contributed by atoms with Gasteiger partial charge in [-0.15, -0.1) is 0 Å². The number of benzene rings is 2. The highest BCUT2D eigenvalue weighted by Gasteiger charge is 2.17. The van der Waals surface area contributed by atoms with E-state index in [-0.39, 0.29) is 12.5 Å². The highest BCUT2D eigenvalue weighted by Crippen LogP contribution is 2.22. The number of methoxy groups -OCH3 is 1. The Morgan fingerprint density at radius 1 is 1.09 bits per heavy atom. The largest absolute Gasteiger partial charge is 0.497 e. The maximum atomic E-state index is 12.6. The summed E-state index contributed by atoms with van der Waals surface area (Å²) in [4.78, 5) is 19.3. The van der Waals surface area contributed by atoms with Crippen LogP contribution in [0.1, 0.15) is 22.7 Å². The molecule has 0 aliphatic rings. The minimum absolute atomic E-state index is 0.109. The van der Waals surface area contributed by atoms with Crippen LogP contribution in [0.5, 0.6) is 5.75 Å². The molecular weight excluding hydrogens is 424 g/mol. The van der Waals surface area contributed by atoms with Crippen molar-refractivity contribution in [3.8, 4) is 5.75 Å². The minimum atomic E-state index is -0.109. The van der Waals surface area contributed by atoms with Gasteiger partial charge in [0.15, 0.2) is 0 Å². The van der Waals surface area contributed by atoms with Crippen LogP contribution in [0.25, 0.3) is 0 Å². The maximum Gasteiger partial charge on any atom is 0.239 e. The summed E-state index contributed by atoms with van der Waals surface area (Å²) in [7, 11) is 1.65. The number of hydrogen-bond donors (Lipinski definition) is 1.